The lowest BCUT2D eigenvalue weighted by molar-refractivity contribution is -0.116. The molecule has 0 saturated carbocycles. The number of amides is 1. The van der Waals surface area contributed by atoms with E-state index in [4.69, 9.17) is 11.6 Å². The Kier molecular flexibility index (Phi) is 2.30. The molecule has 84 valence electrons. The predicted molar refractivity (Wildman–Crippen MR) is 64.0 cm³/mol. The van der Waals surface area contributed by atoms with Crippen LogP contribution in [0.1, 0.15) is 17.2 Å². The van der Waals surface area contributed by atoms with Gasteiger partial charge in [0, 0.05) is 11.9 Å². The molecule has 5 heteroatoms. The maximum absolute atomic E-state index is 12.0. The molecule has 0 saturated heterocycles. The fraction of sp³-hybridized carbons (Fsp3) is 0.0833. The third kappa shape index (κ3) is 1.57. The highest BCUT2D eigenvalue weighted by Crippen LogP contribution is 2.37. The molecule has 0 fully saturated rings. The molecule has 0 radical (unpaired) electrons. The first kappa shape index (κ1) is 10.2. The molecule has 1 unspecified atom stereocenters. The summed E-state index contributed by atoms with van der Waals surface area (Å²) in [6.45, 7) is 0. The van der Waals surface area contributed by atoms with Gasteiger partial charge in [-0.05, 0) is 11.6 Å². The van der Waals surface area contributed by atoms with Crippen molar-refractivity contribution < 1.29 is 4.79 Å². The Morgan fingerprint density at radius 1 is 1.29 bits per heavy atom. The van der Waals surface area contributed by atoms with Gasteiger partial charge in [-0.1, -0.05) is 29.8 Å². The van der Waals surface area contributed by atoms with Gasteiger partial charge < -0.3 is 5.32 Å². The van der Waals surface area contributed by atoms with Gasteiger partial charge >= 0.3 is 0 Å². The van der Waals surface area contributed by atoms with Crippen molar-refractivity contribution in [2.75, 3.05) is 5.32 Å². The number of rotatable bonds is 1. The lowest BCUT2D eigenvalue weighted by Gasteiger charge is -2.08. The molecule has 2 heterocycles. The van der Waals surface area contributed by atoms with Crippen LogP contribution in [-0.2, 0) is 4.79 Å². The lowest BCUT2D eigenvalue weighted by Crippen LogP contribution is -2.15. The van der Waals surface area contributed by atoms with Gasteiger partial charge in [-0.2, -0.15) is 0 Å². The Hall–Kier alpha value is -1.94. The zero-order valence-corrected chi connectivity index (χ0v) is 9.48. The molecule has 0 bridgehead atoms. The van der Waals surface area contributed by atoms with Gasteiger partial charge in [0.2, 0.25) is 5.91 Å². The molecule has 0 spiro atoms. The summed E-state index contributed by atoms with van der Waals surface area (Å²) in [6.07, 6.45) is 2.90. The molecule has 1 N–H and O–H groups in total. The molecular weight excluding hydrogens is 238 g/mol. The van der Waals surface area contributed by atoms with E-state index in [1.807, 2.05) is 24.3 Å². The molecule has 4 nitrogen and oxygen atoms in total. The van der Waals surface area contributed by atoms with Crippen LogP contribution < -0.4 is 5.32 Å². The summed E-state index contributed by atoms with van der Waals surface area (Å²) >= 11 is 6.03. The Balaban J connectivity index is 2.16. The molecule has 0 aliphatic carbocycles. The van der Waals surface area contributed by atoms with E-state index in [9.17, 15) is 4.79 Å². The van der Waals surface area contributed by atoms with Crippen molar-refractivity contribution in [1.29, 1.82) is 0 Å². The fourth-order valence-corrected chi connectivity index (χ4v) is 2.23. The number of hydrogen-bond acceptors (Lipinski definition) is 3. The molecule has 1 aliphatic rings. The minimum Gasteiger partial charge on any atom is -0.325 e. The van der Waals surface area contributed by atoms with Gasteiger partial charge in [-0.25, -0.2) is 9.97 Å². The number of aromatic nitrogens is 2. The number of hydrogen-bond donors (Lipinski definition) is 1. The summed E-state index contributed by atoms with van der Waals surface area (Å²) in [6, 6.07) is 7.53. The molecule has 1 aliphatic heterocycles. The van der Waals surface area contributed by atoms with Crippen molar-refractivity contribution in [3.63, 3.8) is 0 Å². The van der Waals surface area contributed by atoms with E-state index in [1.165, 1.54) is 12.5 Å². The summed E-state index contributed by atoms with van der Waals surface area (Å²) in [4.78, 5) is 19.9. The smallest absolute Gasteiger partial charge is 0.238 e. The van der Waals surface area contributed by atoms with Crippen molar-refractivity contribution in [2.24, 2.45) is 0 Å². The van der Waals surface area contributed by atoms with Crippen molar-refractivity contribution in [3.8, 4) is 0 Å². The zero-order chi connectivity index (χ0) is 11.8. The van der Waals surface area contributed by atoms with Crippen LogP contribution in [0.2, 0.25) is 5.02 Å². The zero-order valence-electron chi connectivity index (χ0n) is 8.72. The van der Waals surface area contributed by atoms with Gasteiger partial charge in [0.25, 0.3) is 0 Å². The maximum atomic E-state index is 12.0. The van der Waals surface area contributed by atoms with Crippen LogP contribution >= 0.6 is 11.6 Å². The average Bonchev–Trinajstić information content (AvgIpc) is 2.66. The minimum atomic E-state index is -0.443. The van der Waals surface area contributed by atoms with Gasteiger partial charge in [-0.15, -0.1) is 0 Å². The molecule has 1 amide bonds. The first-order valence-corrected chi connectivity index (χ1v) is 5.50. The van der Waals surface area contributed by atoms with Crippen molar-refractivity contribution >= 4 is 23.2 Å². The number of para-hydroxylation sites is 1. The van der Waals surface area contributed by atoms with Crippen LogP contribution in [0.5, 0.6) is 0 Å². The number of fused-ring (bicyclic) bond motifs is 1. The van der Waals surface area contributed by atoms with E-state index < -0.39 is 5.92 Å². The Morgan fingerprint density at radius 3 is 2.94 bits per heavy atom. The van der Waals surface area contributed by atoms with Crippen molar-refractivity contribution in [2.45, 2.75) is 5.92 Å². The first-order valence-electron chi connectivity index (χ1n) is 5.12. The van der Waals surface area contributed by atoms with Crippen LogP contribution in [0, 0.1) is 0 Å². The average molecular weight is 246 g/mol. The minimum absolute atomic E-state index is 0.105. The number of benzene rings is 1. The second-order valence-corrected chi connectivity index (χ2v) is 4.17. The van der Waals surface area contributed by atoms with E-state index >= 15 is 0 Å². The van der Waals surface area contributed by atoms with Crippen LogP contribution in [0.25, 0.3) is 0 Å². The van der Waals surface area contributed by atoms with Gasteiger partial charge in [0.05, 0.1) is 10.7 Å². The summed E-state index contributed by atoms with van der Waals surface area (Å²) in [5, 5.41) is 3.22. The van der Waals surface area contributed by atoms with Crippen molar-refractivity contribution in [1.82, 2.24) is 9.97 Å². The van der Waals surface area contributed by atoms with E-state index in [0.29, 0.717) is 10.7 Å². The molecule has 1 aromatic carbocycles. The summed E-state index contributed by atoms with van der Waals surface area (Å²) in [7, 11) is 0. The van der Waals surface area contributed by atoms with Crippen LogP contribution in [0.4, 0.5) is 5.69 Å². The molecule has 3 rings (SSSR count). The van der Waals surface area contributed by atoms with Gasteiger partial charge in [-0.3, -0.25) is 4.79 Å². The SMILES string of the molecule is O=C1Nc2ccccc2C1c1ncncc1Cl. The van der Waals surface area contributed by atoms with Crippen LogP contribution in [-0.4, -0.2) is 15.9 Å². The molecule has 1 atom stereocenters. The van der Waals surface area contributed by atoms with E-state index in [-0.39, 0.29) is 5.91 Å². The summed E-state index contributed by atoms with van der Waals surface area (Å²) in [5.41, 5.74) is 2.26. The Bertz CT molecular complexity index is 600. The summed E-state index contributed by atoms with van der Waals surface area (Å²) < 4.78 is 0. The molecule has 17 heavy (non-hydrogen) atoms. The normalized spacial score (nSPS) is 17.7. The topological polar surface area (TPSA) is 54.9 Å². The van der Waals surface area contributed by atoms with Crippen LogP contribution in [0.15, 0.2) is 36.8 Å². The van der Waals surface area contributed by atoms with Crippen LogP contribution in [0.3, 0.4) is 0 Å². The number of nitrogens with one attached hydrogen (secondary N) is 1. The number of halogens is 1. The molecule has 1 aromatic heterocycles. The number of carbonyl (C=O) groups is 1. The highest BCUT2D eigenvalue weighted by molar-refractivity contribution is 6.31. The first-order chi connectivity index (χ1) is 8.27. The third-order valence-corrected chi connectivity index (χ3v) is 3.05. The number of carbonyl (C=O) groups excluding carboxylic acids is 1. The lowest BCUT2D eigenvalue weighted by atomic mass is 9.97. The highest BCUT2D eigenvalue weighted by Gasteiger charge is 2.33. The highest BCUT2D eigenvalue weighted by atomic mass is 35.5. The number of anilines is 1. The molecular formula is C12H8ClN3O. The third-order valence-electron chi connectivity index (χ3n) is 2.76. The van der Waals surface area contributed by atoms with E-state index in [0.717, 1.165) is 11.3 Å². The van der Waals surface area contributed by atoms with E-state index in [2.05, 4.69) is 15.3 Å². The quantitative estimate of drug-likeness (QED) is 0.838. The monoisotopic (exact) mass is 245 g/mol. The Labute approximate surface area is 103 Å². The second kappa shape index (κ2) is 3.82. The molecule has 2 aromatic rings. The fourth-order valence-electron chi connectivity index (χ4n) is 2.01. The predicted octanol–water partition coefficient (Wildman–Crippen LogP) is 2.21. The van der Waals surface area contributed by atoms with Crippen molar-refractivity contribution in [3.05, 3.63) is 53.1 Å². The number of nitrogens with zero attached hydrogens (tertiary/aromatic N) is 2. The van der Waals surface area contributed by atoms with E-state index in [1.54, 1.807) is 0 Å². The Morgan fingerprint density at radius 2 is 2.12 bits per heavy atom. The second-order valence-electron chi connectivity index (χ2n) is 3.77. The standard InChI is InChI=1S/C12H8ClN3O/c13-8-5-14-6-15-11(8)10-7-3-1-2-4-9(7)16-12(10)17/h1-6,10H,(H,16,17). The van der Waals surface area contributed by atoms with Gasteiger partial charge in [0.1, 0.15) is 12.2 Å². The largest absolute Gasteiger partial charge is 0.325 e. The summed E-state index contributed by atoms with van der Waals surface area (Å²) in [5.74, 6) is -0.548. The van der Waals surface area contributed by atoms with Gasteiger partial charge in [0.15, 0.2) is 0 Å². The maximum Gasteiger partial charge on any atom is 0.238 e.